The summed E-state index contributed by atoms with van der Waals surface area (Å²) >= 11 is 13.3. The van der Waals surface area contributed by atoms with Gasteiger partial charge in [-0.1, -0.05) is 72.3 Å². The molecular formula is C29H19Br2ClN2O2. The van der Waals surface area contributed by atoms with Gasteiger partial charge in [0.2, 0.25) is 0 Å². The number of hydrogen-bond donors (Lipinski definition) is 0. The number of benzene rings is 4. The molecule has 0 fully saturated rings. The van der Waals surface area contributed by atoms with E-state index < -0.39 is 0 Å². The van der Waals surface area contributed by atoms with Crippen molar-refractivity contribution in [3.8, 4) is 5.75 Å². The Morgan fingerprint density at radius 3 is 2.19 bits per heavy atom. The van der Waals surface area contributed by atoms with Crippen LogP contribution in [0.15, 0.2) is 117 Å². The Morgan fingerprint density at radius 1 is 0.861 bits per heavy atom. The van der Waals surface area contributed by atoms with Gasteiger partial charge in [-0.25, -0.2) is 0 Å². The molecule has 1 heterocycles. The van der Waals surface area contributed by atoms with E-state index >= 15 is 0 Å². The molecule has 0 spiro atoms. The van der Waals surface area contributed by atoms with Crippen molar-refractivity contribution in [3.63, 3.8) is 0 Å². The summed E-state index contributed by atoms with van der Waals surface area (Å²) in [6.45, 7) is 0.369. The van der Waals surface area contributed by atoms with Crippen LogP contribution in [0.25, 0.3) is 6.08 Å². The minimum absolute atomic E-state index is 0.186. The average Bonchev–Trinajstić information content (AvgIpc) is 3.20. The lowest BCUT2D eigenvalue weighted by atomic mass is 10.0. The Balaban J connectivity index is 1.48. The highest BCUT2D eigenvalue weighted by Crippen LogP contribution is 2.37. The predicted octanol–water partition coefficient (Wildman–Crippen LogP) is 8.28. The molecule has 7 heteroatoms. The van der Waals surface area contributed by atoms with Crippen LogP contribution < -0.4 is 9.75 Å². The van der Waals surface area contributed by atoms with E-state index in [0.717, 1.165) is 25.6 Å². The number of rotatable bonds is 6. The van der Waals surface area contributed by atoms with Crippen LogP contribution in [0.5, 0.6) is 5.75 Å². The van der Waals surface area contributed by atoms with Crippen LogP contribution in [-0.2, 0) is 11.4 Å². The third-order valence-electron chi connectivity index (χ3n) is 5.53. The van der Waals surface area contributed by atoms with Gasteiger partial charge < -0.3 is 4.74 Å². The molecule has 0 saturated heterocycles. The number of nitrogens with zero attached hydrogens (tertiary/aromatic N) is 2. The third kappa shape index (κ3) is 5.31. The number of hydrogen-bond acceptors (Lipinski definition) is 3. The maximum Gasteiger partial charge on any atom is 0.281 e. The van der Waals surface area contributed by atoms with Crippen LogP contribution in [0, 0.1) is 0 Å². The average molecular weight is 623 g/mol. The molecule has 1 aliphatic heterocycles. The highest BCUT2D eigenvalue weighted by atomic mass is 79.9. The molecule has 178 valence electrons. The summed E-state index contributed by atoms with van der Waals surface area (Å²) in [5.41, 5.74) is 4.51. The molecule has 1 aliphatic rings. The minimum Gasteiger partial charge on any atom is -0.487 e. The third-order valence-corrected chi connectivity index (χ3v) is 6.94. The maximum absolute atomic E-state index is 13.5. The molecular weight excluding hydrogens is 604 g/mol. The molecule has 0 radical (unpaired) electrons. The van der Waals surface area contributed by atoms with Gasteiger partial charge in [0, 0.05) is 10.6 Å². The van der Waals surface area contributed by atoms with Crippen LogP contribution >= 0.6 is 43.5 Å². The molecule has 1 amide bonds. The fraction of sp³-hybridized carbons (Fsp3) is 0.0345. The van der Waals surface area contributed by atoms with Crippen LogP contribution in [0.2, 0.25) is 5.02 Å². The van der Waals surface area contributed by atoms with Crippen molar-refractivity contribution < 1.29 is 9.53 Å². The highest BCUT2D eigenvalue weighted by Gasteiger charge is 2.32. The molecule has 0 bridgehead atoms. The van der Waals surface area contributed by atoms with Crippen LogP contribution in [0.4, 0.5) is 5.69 Å². The van der Waals surface area contributed by atoms with Gasteiger partial charge in [-0.05, 0) is 85.5 Å². The van der Waals surface area contributed by atoms with Crippen molar-refractivity contribution in [2.24, 2.45) is 5.10 Å². The number of halogens is 3. The summed E-state index contributed by atoms with van der Waals surface area (Å²) in [4.78, 5) is 13.5. The molecule has 0 saturated carbocycles. The Morgan fingerprint density at radius 2 is 1.53 bits per heavy atom. The summed E-state index contributed by atoms with van der Waals surface area (Å²) < 4.78 is 7.57. The van der Waals surface area contributed by atoms with Gasteiger partial charge in [-0.2, -0.15) is 10.1 Å². The molecule has 4 aromatic carbocycles. The van der Waals surface area contributed by atoms with E-state index in [1.165, 1.54) is 5.01 Å². The Labute approximate surface area is 231 Å². The van der Waals surface area contributed by atoms with Crippen molar-refractivity contribution in [1.29, 1.82) is 0 Å². The smallest absolute Gasteiger partial charge is 0.281 e. The number of ether oxygens (including phenoxy) is 1. The van der Waals surface area contributed by atoms with Crippen molar-refractivity contribution in [3.05, 3.63) is 133 Å². The van der Waals surface area contributed by atoms with Crippen LogP contribution in [-0.4, -0.2) is 11.6 Å². The molecule has 0 unspecified atom stereocenters. The Hall–Kier alpha value is -3.19. The zero-order valence-electron chi connectivity index (χ0n) is 18.9. The van der Waals surface area contributed by atoms with E-state index in [-0.39, 0.29) is 5.91 Å². The van der Waals surface area contributed by atoms with Gasteiger partial charge in [-0.15, -0.1) is 0 Å². The van der Waals surface area contributed by atoms with E-state index in [1.807, 2.05) is 103 Å². The largest absolute Gasteiger partial charge is 0.487 e. The van der Waals surface area contributed by atoms with Crippen molar-refractivity contribution in [2.45, 2.75) is 6.61 Å². The number of amides is 1. The first-order chi connectivity index (χ1) is 17.5. The summed E-state index contributed by atoms with van der Waals surface area (Å²) in [6, 6.07) is 30.5. The topological polar surface area (TPSA) is 41.9 Å². The normalized spacial score (nSPS) is 14.3. The number of anilines is 1. The lowest BCUT2D eigenvalue weighted by molar-refractivity contribution is -0.114. The van der Waals surface area contributed by atoms with E-state index in [1.54, 1.807) is 0 Å². The molecule has 0 aliphatic carbocycles. The maximum atomic E-state index is 13.5. The molecule has 36 heavy (non-hydrogen) atoms. The highest BCUT2D eigenvalue weighted by molar-refractivity contribution is 9.11. The van der Waals surface area contributed by atoms with Gasteiger partial charge in [-0.3, -0.25) is 4.79 Å². The van der Waals surface area contributed by atoms with E-state index in [2.05, 4.69) is 31.9 Å². The first-order valence-corrected chi connectivity index (χ1v) is 13.1. The van der Waals surface area contributed by atoms with Crippen LogP contribution in [0.3, 0.4) is 0 Å². The summed E-state index contributed by atoms with van der Waals surface area (Å²) in [5.74, 6) is 0.478. The summed E-state index contributed by atoms with van der Waals surface area (Å²) in [7, 11) is 0. The molecule has 0 aromatic heterocycles. The second-order valence-electron chi connectivity index (χ2n) is 8.06. The first-order valence-electron chi connectivity index (χ1n) is 11.1. The van der Waals surface area contributed by atoms with Crippen molar-refractivity contribution >= 4 is 66.8 Å². The first kappa shape index (κ1) is 24.5. The van der Waals surface area contributed by atoms with Gasteiger partial charge >= 0.3 is 0 Å². The second-order valence-corrected chi connectivity index (χ2v) is 10.2. The predicted molar refractivity (Wildman–Crippen MR) is 153 cm³/mol. The summed E-state index contributed by atoms with van der Waals surface area (Å²) in [6.07, 6.45) is 1.85. The SMILES string of the molecule is O=C1/C(=C\c2cc(Br)c(OCc3cccc(Cl)c3)c(Br)c2)C(c2ccccc2)=NN1c1ccccc1. The van der Waals surface area contributed by atoms with Gasteiger partial charge in [0.05, 0.1) is 20.2 Å². The molecule has 4 nitrogen and oxygen atoms in total. The van der Waals surface area contributed by atoms with Crippen molar-refractivity contribution in [2.75, 3.05) is 5.01 Å². The van der Waals surface area contributed by atoms with Gasteiger partial charge in [0.1, 0.15) is 18.1 Å². The fourth-order valence-electron chi connectivity index (χ4n) is 3.85. The standard InChI is InChI=1S/C29H19Br2ClN2O2/c30-25-16-20(17-26(31)28(25)36-18-19-8-7-11-22(32)14-19)15-24-27(21-9-3-1-4-10-21)33-34(29(24)35)23-12-5-2-6-13-23/h1-17H,18H2/b24-15-. The lowest BCUT2D eigenvalue weighted by Crippen LogP contribution is -2.21. The number of para-hydroxylation sites is 1. The van der Waals surface area contributed by atoms with Gasteiger partial charge in [0.15, 0.2) is 0 Å². The molecule has 0 N–H and O–H groups in total. The quantitative estimate of drug-likeness (QED) is 0.203. The number of carbonyl (C=O) groups is 1. The zero-order valence-corrected chi connectivity index (χ0v) is 22.8. The fourth-order valence-corrected chi connectivity index (χ4v) is 5.51. The Bertz CT molecular complexity index is 1460. The zero-order chi connectivity index (χ0) is 25.1. The summed E-state index contributed by atoms with van der Waals surface area (Å²) in [5, 5.41) is 6.80. The molecule has 4 aromatic rings. The second kappa shape index (κ2) is 10.8. The molecule has 0 atom stereocenters. The van der Waals surface area contributed by atoms with E-state index in [9.17, 15) is 4.79 Å². The van der Waals surface area contributed by atoms with E-state index in [4.69, 9.17) is 21.4 Å². The van der Waals surface area contributed by atoms with E-state index in [0.29, 0.717) is 34.4 Å². The monoisotopic (exact) mass is 620 g/mol. The van der Waals surface area contributed by atoms with Gasteiger partial charge in [0.25, 0.3) is 5.91 Å². The number of carbonyl (C=O) groups excluding carboxylic acids is 1. The lowest BCUT2D eigenvalue weighted by Gasteiger charge is -2.12. The van der Waals surface area contributed by atoms with Crippen molar-refractivity contribution in [1.82, 2.24) is 0 Å². The van der Waals surface area contributed by atoms with Crippen LogP contribution in [0.1, 0.15) is 16.7 Å². The number of hydrazone groups is 1. The minimum atomic E-state index is -0.186. The molecule has 5 rings (SSSR count). The Kier molecular flexibility index (Phi) is 7.37.